The van der Waals surface area contributed by atoms with Gasteiger partial charge in [-0.3, -0.25) is 9.52 Å². The number of carbonyl (C=O) groups is 1. The number of sulfonamides is 1. The topological polar surface area (TPSA) is 66.5 Å². The van der Waals surface area contributed by atoms with Crippen LogP contribution < -0.4 is 4.72 Å². The third-order valence-corrected chi connectivity index (χ3v) is 5.94. The summed E-state index contributed by atoms with van der Waals surface area (Å²) in [5.74, 6) is 0.00677. The van der Waals surface area contributed by atoms with Crippen molar-refractivity contribution >= 4 is 21.6 Å². The molecule has 2 aromatic rings. The lowest BCUT2D eigenvalue weighted by Crippen LogP contribution is -2.34. The van der Waals surface area contributed by atoms with Crippen molar-refractivity contribution in [3.05, 3.63) is 58.7 Å². The van der Waals surface area contributed by atoms with E-state index in [2.05, 4.69) is 4.72 Å². The lowest BCUT2D eigenvalue weighted by Gasteiger charge is -2.28. The molecule has 3 rings (SSSR count). The standard InChI is InChI=1S/C19H22N2O3S/c1-13-4-7-19(14(2)10-13)20-25(23,24)18-6-5-16-8-9-21(15(3)22)12-17(16)11-18/h4-7,10-11,20H,8-9,12H2,1-3H3. The molecule has 0 fully saturated rings. The Kier molecular flexibility index (Phi) is 4.56. The number of rotatable bonds is 3. The Bertz CT molecular complexity index is 936. The Morgan fingerprint density at radius 1 is 1.08 bits per heavy atom. The summed E-state index contributed by atoms with van der Waals surface area (Å²) in [6, 6.07) is 10.8. The first-order chi connectivity index (χ1) is 11.8. The van der Waals surface area contributed by atoms with E-state index >= 15 is 0 Å². The van der Waals surface area contributed by atoms with E-state index in [4.69, 9.17) is 0 Å². The molecule has 0 atom stereocenters. The van der Waals surface area contributed by atoms with E-state index in [1.165, 1.54) is 6.92 Å². The number of nitrogens with one attached hydrogen (secondary N) is 1. The van der Waals surface area contributed by atoms with Gasteiger partial charge in [0.05, 0.1) is 10.6 Å². The molecule has 1 N–H and O–H groups in total. The molecule has 0 saturated heterocycles. The van der Waals surface area contributed by atoms with Crippen LogP contribution in [0.5, 0.6) is 0 Å². The van der Waals surface area contributed by atoms with Gasteiger partial charge >= 0.3 is 0 Å². The number of benzene rings is 2. The Balaban J connectivity index is 1.90. The highest BCUT2D eigenvalue weighted by Gasteiger charge is 2.22. The van der Waals surface area contributed by atoms with Crippen LogP contribution in [0.25, 0.3) is 0 Å². The van der Waals surface area contributed by atoms with E-state index in [0.29, 0.717) is 18.8 Å². The van der Waals surface area contributed by atoms with Crippen molar-refractivity contribution in [2.75, 3.05) is 11.3 Å². The largest absolute Gasteiger partial charge is 0.338 e. The molecule has 0 unspecified atom stereocenters. The number of fused-ring (bicyclic) bond motifs is 1. The predicted octanol–water partition coefficient (Wildman–Crippen LogP) is 3.01. The molecule has 1 heterocycles. The van der Waals surface area contributed by atoms with Crippen molar-refractivity contribution in [3.63, 3.8) is 0 Å². The maximum Gasteiger partial charge on any atom is 0.261 e. The second-order valence-electron chi connectivity index (χ2n) is 6.54. The fraction of sp³-hybridized carbons (Fsp3) is 0.316. The van der Waals surface area contributed by atoms with Gasteiger partial charge in [0.25, 0.3) is 10.0 Å². The lowest BCUT2D eigenvalue weighted by molar-refractivity contribution is -0.129. The molecule has 0 spiro atoms. The molecule has 5 nitrogen and oxygen atoms in total. The van der Waals surface area contributed by atoms with Crippen molar-refractivity contribution in [2.45, 2.75) is 38.6 Å². The van der Waals surface area contributed by atoms with Crippen molar-refractivity contribution in [3.8, 4) is 0 Å². The summed E-state index contributed by atoms with van der Waals surface area (Å²) in [5.41, 5.74) is 4.53. The summed E-state index contributed by atoms with van der Waals surface area (Å²) in [6.45, 7) is 6.51. The quantitative estimate of drug-likeness (QED) is 0.917. The van der Waals surface area contributed by atoms with Crippen LogP contribution in [0.15, 0.2) is 41.3 Å². The molecular formula is C19H22N2O3S. The normalized spacial score (nSPS) is 14.1. The zero-order chi connectivity index (χ0) is 18.2. The second-order valence-corrected chi connectivity index (χ2v) is 8.23. The van der Waals surface area contributed by atoms with Crippen LogP contribution in [0.1, 0.15) is 29.2 Å². The van der Waals surface area contributed by atoms with Crippen LogP contribution in [-0.4, -0.2) is 25.8 Å². The second kappa shape index (κ2) is 6.52. The average molecular weight is 358 g/mol. The van der Waals surface area contributed by atoms with Gasteiger partial charge in [0, 0.05) is 20.0 Å². The third-order valence-electron chi connectivity index (χ3n) is 4.57. The minimum atomic E-state index is -3.67. The lowest BCUT2D eigenvalue weighted by atomic mass is 10.00. The highest BCUT2D eigenvalue weighted by Crippen LogP contribution is 2.25. The van der Waals surface area contributed by atoms with E-state index in [1.807, 2.05) is 32.0 Å². The molecule has 1 amide bonds. The number of hydrogen-bond acceptors (Lipinski definition) is 3. The molecule has 6 heteroatoms. The van der Waals surface area contributed by atoms with Gasteiger partial charge in [-0.25, -0.2) is 8.42 Å². The van der Waals surface area contributed by atoms with Gasteiger partial charge in [0.2, 0.25) is 5.91 Å². The van der Waals surface area contributed by atoms with Crippen LogP contribution >= 0.6 is 0 Å². The van der Waals surface area contributed by atoms with Crippen LogP contribution in [0.3, 0.4) is 0 Å². The molecular weight excluding hydrogens is 336 g/mol. The minimum Gasteiger partial charge on any atom is -0.338 e. The summed E-state index contributed by atoms with van der Waals surface area (Å²) in [7, 11) is -3.67. The van der Waals surface area contributed by atoms with Gasteiger partial charge in [0.15, 0.2) is 0 Å². The Hall–Kier alpha value is -2.34. The fourth-order valence-electron chi connectivity index (χ4n) is 3.10. The summed E-state index contributed by atoms with van der Waals surface area (Å²) in [4.78, 5) is 13.5. The Labute approximate surface area is 148 Å². The fourth-order valence-corrected chi connectivity index (χ4v) is 4.28. The monoisotopic (exact) mass is 358 g/mol. The summed E-state index contributed by atoms with van der Waals surface area (Å²) >= 11 is 0. The zero-order valence-corrected chi connectivity index (χ0v) is 15.5. The molecule has 0 saturated carbocycles. The van der Waals surface area contributed by atoms with Crippen LogP contribution in [0.4, 0.5) is 5.69 Å². The maximum absolute atomic E-state index is 12.7. The Morgan fingerprint density at radius 3 is 2.52 bits per heavy atom. The maximum atomic E-state index is 12.7. The van der Waals surface area contributed by atoms with Gasteiger partial charge in [-0.1, -0.05) is 23.8 Å². The number of hydrogen-bond donors (Lipinski definition) is 1. The molecule has 2 aromatic carbocycles. The zero-order valence-electron chi connectivity index (χ0n) is 14.7. The van der Waals surface area contributed by atoms with Gasteiger partial charge in [-0.2, -0.15) is 0 Å². The van der Waals surface area contributed by atoms with E-state index in [-0.39, 0.29) is 10.8 Å². The first-order valence-corrected chi connectivity index (χ1v) is 9.72. The van der Waals surface area contributed by atoms with Crippen molar-refractivity contribution in [2.24, 2.45) is 0 Å². The van der Waals surface area contributed by atoms with E-state index < -0.39 is 10.0 Å². The molecule has 1 aliphatic heterocycles. The van der Waals surface area contributed by atoms with Gasteiger partial charge in [-0.05, 0) is 55.2 Å². The number of amides is 1. The van der Waals surface area contributed by atoms with Crippen molar-refractivity contribution in [1.29, 1.82) is 0 Å². The molecule has 0 bridgehead atoms. The summed E-state index contributed by atoms with van der Waals surface area (Å²) in [5, 5.41) is 0. The van der Waals surface area contributed by atoms with Crippen molar-refractivity contribution in [1.82, 2.24) is 4.90 Å². The van der Waals surface area contributed by atoms with Gasteiger partial charge in [0.1, 0.15) is 0 Å². The molecule has 0 aromatic heterocycles. The first-order valence-electron chi connectivity index (χ1n) is 8.23. The third kappa shape index (κ3) is 3.69. The highest BCUT2D eigenvalue weighted by atomic mass is 32.2. The van der Waals surface area contributed by atoms with E-state index in [1.54, 1.807) is 23.1 Å². The highest BCUT2D eigenvalue weighted by molar-refractivity contribution is 7.92. The molecule has 132 valence electrons. The number of carbonyl (C=O) groups excluding carboxylic acids is 1. The number of nitrogens with zero attached hydrogens (tertiary/aromatic N) is 1. The van der Waals surface area contributed by atoms with Crippen LogP contribution in [-0.2, 0) is 27.8 Å². The first kappa shape index (κ1) is 17.5. The summed E-state index contributed by atoms with van der Waals surface area (Å²) in [6.07, 6.45) is 0.750. The van der Waals surface area contributed by atoms with Gasteiger partial charge in [-0.15, -0.1) is 0 Å². The predicted molar refractivity (Wildman–Crippen MR) is 98.0 cm³/mol. The Morgan fingerprint density at radius 2 is 1.84 bits per heavy atom. The van der Waals surface area contributed by atoms with E-state index in [0.717, 1.165) is 28.7 Å². The summed E-state index contributed by atoms with van der Waals surface area (Å²) < 4.78 is 28.2. The van der Waals surface area contributed by atoms with Crippen LogP contribution in [0, 0.1) is 13.8 Å². The van der Waals surface area contributed by atoms with Crippen molar-refractivity contribution < 1.29 is 13.2 Å². The minimum absolute atomic E-state index is 0.00677. The molecule has 1 aliphatic rings. The number of aryl methyl sites for hydroxylation is 2. The van der Waals surface area contributed by atoms with E-state index in [9.17, 15) is 13.2 Å². The van der Waals surface area contributed by atoms with Crippen LogP contribution in [0.2, 0.25) is 0 Å². The molecule has 0 aliphatic carbocycles. The smallest absolute Gasteiger partial charge is 0.261 e. The number of anilines is 1. The van der Waals surface area contributed by atoms with Gasteiger partial charge < -0.3 is 4.90 Å². The average Bonchev–Trinajstić information content (AvgIpc) is 2.56. The molecule has 0 radical (unpaired) electrons. The SMILES string of the molecule is CC(=O)N1CCc2ccc(S(=O)(=O)Nc3ccc(C)cc3C)cc2C1. The molecule has 25 heavy (non-hydrogen) atoms.